The Kier molecular flexibility index (Phi) is 8.89. The molecular formula is C18H27ClN2O2. The number of nitrogens with one attached hydrogen (secondary N) is 1. The Bertz CT molecular complexity index is 532. The molecule has 0 aliphatic heterocycles. The zero-order valence-electron chi connectivity index (χ0n) is 13.6. The molecule has 0 heterocycles. The van der Waals surface area contributed by atoms with E-state index in [-0.39, 0.29) is 36.9 Å². The van der Waals surface area contributed by atoms with Crippen molar-refractivity contribution in [3.63, 3.8) is 0 Å². The van der Waals surface area contributed by atoms with Crippen molar-refractivity contribution in [3.8, 4) is 0 Å². The van der Waals surface area contributed by atoms with Crippen molar-refractivity contribution in [2.24, 2.45) is 5.73 Å². The maximum absolute atomic E-state index is 12.2. The van der Waals surface area contributed by atoms with E-state index in [9.17, 15) is 9.59 Å². The SMILES string of the molecule is Cl.NCCCCNC(=O)CCC(=O)c1ccc2c(c1)CCCC2. The highest BCUT2D eigenvalue weighted by atomic mass is 35.5. The summed E-state index contributed by atoms with van der Waals surface area (Å²) in [7, 11) is 0. The summed E-state index contributed by atoms with van der Waals surface area (Å²) >= 11 is 0. The number of hydrogen-bond acceptors (Lipinski definition) is 3. The molecule has 0 saturated carbocycles. The van der Waals surface area contributed by atoms with Gasteiger partial charge in [0.2, 0.25) is 5.91 Å². The number of carbonyl (C=O) groups excluding carboxylic acids is 2. The molecule has 0 unspecified atom stereocenters. The second-order valence-corrected chi connectivity index (χ2v) is 5.96. The van der Waals surface area contributed by atoms with Crippen molar-refractivity contribution in [1.82, 2.24) is 5.32 Å². The summed E-state index contributed by atoms with van der Waals surface area (Å²) in [4.78, 5) is 23.9. The Balaban J connectivity index is 0.00000264. The minimum Gasteiger partial charge on any atom is -0.356 e. The summed E-state index contributed by atoms with van der Waals surface area (Å²) in [6.45, 7) is 1.29. The van der Waals surface area contributed by atoms with E-state index < -0.39 is 0 Å². The zero-order chi connectivity index (χ0) is 15.8. The van der Waals surface area contributed by atoms with Gasteiger partial charge >= 0.3 is 0 Å². The molecule has 1 aliphatic rings. The van der Waals surface area contributed by atoms with Crippen molar-refractivity contribution in [2.45, 2.75) is 51.4 Å². The third-order valence-corrected chi connectivity index (χ3v) is 4.20. The Morgan fingerprint density at radius 3 is 2.52 bits per heavy atom. The minimum atomic E-state index is -0.0525. The van der Waals surface area contributed by atoms with E-state index in [0.717, 1.165) is 31.2 Å². The van der Waals surface area contributed by atoms with E-state index in [1.165, 1.54) is 24.0 Å². The van der Waals surface area contributed by atoms with Gasteiger partial charge in [-0.3, -0.25) is 9.59 Å². The van der Waals surface area contributed by atoms with Crippen LogP contribution < -0.4 is 11.1 Å². The maximum Gasteiger partial charge on any atom is 0.220 e. The van der Waals surface area contributed by atoms with Crippen LogP contribution in [0.1, 0.15) is 60.0 Å². The fraction of sp³-hybridized carbons (Fsp3) is 0.556. The van der Waals surface area contributed by atoms with E-state index >= 15 is 0 Å². The summed E-state index contributed by atoms with van der Waals surface area (Å²) in [5.41, 5.74) is 8.83. The van der Waals surface area contributed by atoms with Crippen molar-refractivity contribution in [2.75, 3.05) is 13.1 Å². The lowest BCUT2D eigenvalue weighted by atomic mass is 9.89. The standard InChI is InChI=1S/C18H26N2O2.ClH/c19-11-3-4-12-20-18(22)10-9-17(21)16-8-7-14-5-1-2-6-15(14)13-16;/h7-8,13H,1-6,9-12,19H2,(H,20,22);1H. The number of carbonyl (C=O) groups is 2. The highest BCUT2D eigenvalue weighted by Gasteiger charge is 2.13. The second kappa shape index (κ2) is 10.4. The maximum atomic E-state index is 12.2. The van der Waals surface area contributed by atoms with E-state index in [2.05, 4.69) is 11.4 Å². The molecular weight excluding hydrogens is 312 g/mol. The van der Waals surface area contributed by atoms with Gasteiger partial charge in [-0.25, -0.2) is 0 Å². The van der Waals surface area contributed by atoms with Gasteiger partial charge in [-0.1, -0.05) is 12.1 Å². The Morgan fingerprint density at radius 1 is 1.04 bits per heavy atom. The van der Waals surface area contributed by atoms with Gasteiger partial charge in [0.05, 0.1) is 0 Å². The first-order valence-electron chi connectivity index (χ1n) is 8.32. The largest absolute Gasteiger partial charge is 0.356 e. The van der Waals surface area contributed by atoms with Gasteiger partial charge in [0, 0.05) is 24.9 Å². The lowest BCUT2D eigenvalue weighted by Crippen LogP contribution is -2.25. The second-order valence-electron chi connectivity index (χ2n) is 5.96. The van der Waals surface area contributed by atoms with E-state index in [0.29, 0.717) is 13.1 Å². The van der Waals surface area contributed by atoms with Crippen LogP contribution >= 0.6 is 12.4 Å². The topological polar surface area (TPSA) is 72.2 Å². The fourth-order valence-electron chi connectivity index (χ4n) is 2.86. The lowest BCUT2D eigenvalue weighted by Gasteiger charge is -2.16. The molecule has 0 atom stereocenters. The summed E-state index contributed by atoms with van der Waals surface area (Å²) in [5, 5.41) is 2.83. The van der Waals surface area contributed by atoms with Gasteiger partial charge < -0.3 is 11.1 Å². The fourth-order valence-corrected chi connectivity index (χ4v) is 2.86. The molecule has 0 saturated heterocycles. The van der Waals surface area contributed by atoms with Crippen LogP contribution in [0.5, 0.6) is 0 Å². The number of fused-ring (bicyclic) bond motifs is 1. The molecule has 1 aromatic carbocycles. The normalized spacial score (nSPS) is 12.9. The predicted octanol–water partition coefficient (Wildman–Crippen LogP) is 2.81. The zero-order valence-corrected chi connectivity index (χ0v) is 14.4. The average Bonchev–Trinajstić information content (AvgIpc) is 2.56. The molecule has 1 aromatic rings. The first-order chi connectivity index (χ1) is 10.7. The van der Waals surface area contributed by atoms with Crippen LogP contribution in [-0.2, 0) is 17.6 Å². The van der Waals surface area contributed by atoms with E-state index in [4.69, 9.17) is 5.73 Å². The predicted molar refractivity (Wildman–Crippen MR) is 95.2 cm³/mol. The van der Waals surface area contributed by atoms with Gasteiger partial charge in [-0.15, -0.1) is 12.4 Å². The van der Waals surface area contributed by atoms with Crippen molar-refractivity contribution >= 4 is 24.1 Å². The van der Waals surface area contributed by atoms with Gasteiger partial charge in [-0.2, -0.15) is 0 Å². The van der Waals surface area contributed by atoms with Crippen LogP contribution in [-0.4, -0.2) is 24.8 Å². The molecule has 0 aromatic heterocycles. The van der Waals surface area contributed by atoms with Gasteiger partial charge in [-0.05, 0) is 62.3 Å². The molecule has 0 radical (unpaired) electrons. The molecule has 1 amide bonds. The number of halogens is 1. The molecule has 23 heavy (non-hydrogen) atoms. The number of nitrogens with two attached hydrogens (primary N) is 1. The van der Waals surface area contributed by atoms with Crippen LogP contribution in [0, 0.1) is 0 Å². The highest BCUT2D eigenvalue weighted by molar-refractivity contribution is 5.98. The Labute approximate surface area is 144 Å². The molecule has 1 aliphatic carbocycles. The highest BCUT2D eigenvalue weighted by Crippen LogP contribution is 2.22. The number of aryl methyl sites for hydroxylation is 2. The van der Waals surface area contributed by atoms with Crippen molar-refractivity contribution in [1.29, 1.82) is 0 Å². The van der Waals surface area contributed by atoms with E-state index in [1.54, 1.807) is 0 Å². The molecule has 3 N–H and O–H groups in total. The molecule has 128 valence electrons. The third-order valence-electron chi connectivity index (χ3n) is 4.20. The molecule has 2 rings (SSSR count). The average molecular weight is 339 g/mol. The number of rotatable bonds is 8. The Hall–Kier alpha value is -1.39. The van der Waals surface area contributed by atoms with E-state index in [1.807, 2.05) is 12.1 Å². The monoisotopic (exact) mass is 338 g/mol. The van der Waals surface area contributed by atoms with Crippen LogP contribution in [0.3, 0.4) is 0 Å². The molecule has 4 nitrogen and oxygen atoms in total. The number of amides is 1. The van der Waals surface area contributed by atoms with Crippen LogP contribution in [0.4, 0.5) is 0 Å². The number of ketones is 1. The summed E-state index contributed by atoms with van der Waals surface area (Å²) in [5.74, 6) is 0.00816. The van der Waals surface area contributed by atoms with Crippen LogP contribution in [0.2, 0.25) is 0 Å². The molecule has 0 bridgehead atoms. The smallest absolute Gasteiger partial charge is 0.220 e. The molecule has 0 spiro atoms. The molecule has 5 heteroatoms. The van der Waals surface area contributed by atoms with Crippen LogP contribution in [0.25, 0.3) is 0 Å². The first-order valence-corrected chi connectivity index (χ1v) is 8.32. The van der Waals surface area contributed by atoms with Crippen molar-refractivity contribution in [3.05, 3.63) is 34.9 Å². The van der Waals surface area contributed by atoms with Crippen LogP contribution in [0.15, 0.2) is 18.2 Å². The molecule has 0 fully saturated rings. The van der Waals surface area contributed by atoms with Gasteiger partial charge in [0.1, 0.15) is 0 Å². The summed E-state index contributed by atoms with van der Waals surface area (Å²) < 4.78 is 0. The quantitative estimate of drug-likeness (QED) is 0.565. The van der Waals surface area contributed by atoms with Gasteiger partial charge in [0.15, 0.2) is 5.78 Å². The lowest BCUT2D eigenvalue weighted by molar-refractivity contribution is -0.121. The third kappa shape index (κ3) is 6.32. The first kappa shape index (κ1) is 19.7. The number of hydrogen-bond donors (Lipinski definition) is 2. The van der Waals surface area contributed by atoms with Gasteiger partial charge in [0.25, 0.3) is 0 Å². The summed E-state index contributed by atoms with van der Waals surface area (Å²) in [6.07, 6.45) is 6.98. The number of benzene rings is 1. The minimum absolute atomic E-state index is 0. The van der Waals surface area contributed by atoms with Crippen molar-refractivity contribution < 1.29 is 9.59 Å². The number of Topliss-reactive ketones (excluding diaryl/α,β-unsaturated/α-hetero) is 1. The Morgan fingerprint density at radius 2 is 1.78 bits per heavy atom. The summed E-state index contributed by atoms with van der Waals surface area (Å²) in [6, 6.07) is 6.01. The number of unbranched alkanes of at least 4 members (excludes halogenated alkanes) is 1.